The minimum atomic E-state index is -1.04. The fraction of sp³-hybridized carbons (Fsp3) is 0.462. The summed E-state index contributed by atoms with van der Waals surface area (Å²) in [4.78, 5) is 36.5. The third-order valence-corrected chi connectivity index (χ3v) is 4.28. The van der Waals surface area contributed by atoms with Crippen LogP contribution < -0.4 is 0 Å². The van der Waals surface area contributed by atoms with E-state index < -0.39 is 12.0 Å². The second-order valence-electron chi connectivity index (χ2n) is 4.66. The normalized spacial score (nSPS) is 22.0. The zero-order valence-electron chi connectivity index (χ0n) is 11.2. The molecule has 1 aliphatic rings. The molecule has 2 heterocycles. The fourth-order valence-electron chi connectivity index (χ4n) is 2.20. The van der Waals surface area contributed by atoms with E-state index in [4.69, 9.17) is 4.74 Å². The second kappa shape index (κ2) is 5.72. The predicted octanol–water partition coefficient (Wildman–Crippen LogP) is 1.26. The fourth-order valence-corrected chi connectivity index (χ4v) is 3.10. The van der Waals surface area contributed by atoms with E-state index in [1.165, 1.54) is 25.0 Å². The minimum absolute atomic E-state index is 0.119. The summed E-state index contributed by atoms with van der Waals surface area (Å²) in [7, 11) is 1.50. The molecule has 1 saturated heterocycles. The molecule has 0 aliphatic carbocycles. The Labute approximate surface area is 120 Å². The van der Waals surface area contributed by atoms with Crippen LogP contribution in [0.25, 0.3) is 0 Å². The van der Waals surface area contributed by atoms with E-state index >= 15 is 0 Å². The van der Waals surface area contributed by atoms with Crippen LogP contribution in [0.1, 0.15) is 33.4 Å². The SMILES string of the molecule is COC1CC(C(=O)O)N(C(=O)c2cc(C(C)=O)cs2)C1. The largest absolute Gasteiger partial charge is 0.480 e. The molecule has 0 spiro atoms. The standard InChI is InChI=1S/C13H15NO5S/c1-7(15)8-3-11(20-6-8)12(16)14-5-9(19-2)4-10(14)13(17)18/h3,6,9-10H,4-5H2,1-2H3,(H,17,18). The molecule has 1 amide bonds. The van der Waals surface area contributed by atoms with Crippen molar-refractivity contribution in [2.45, 2.75) is 25.5 Å². The van der Waals surface area contributed by atoms with E-state index in [1.54, 1.807) is 5.38 Å². The van der Waals surface area contributed by atoms with Gasteiger partial charge in [0.2, 0.25) is 0 Å². The second-order valence-corrected chi connectivity index (χ2v) is 5.57. The Bertz CT molecular complexity index is 553. The van der Waals surface area contributed by atoms with Gasteiger partial charge in [-0.15, -0.1) is 11.3 Å². The van der Waals surface area contributed by atoms with Crippen LogP contribution in [0.2, 0.25) is 0 Å². The molecule has 2 unspecified atom stereocenters. The smallest absolute Gasteiger partial charge is 0.326 e. The minimum Gasteiger partial charge on any atom is -0.480 e. The molecule has 0 bridgehead atoms. The zero-order valence-corrected chi connectivity index (χ0v) is 12.0. The first kappa shape index (κ1) is 14.7. The van der Waals surface area contributed by atoms with Crippen LogP contribution in [0.3, 0.4) is 0 Å². The van der Waals surface area contributed by atoms with E-state index in [2.05, 4.69) is 0 Å². The Hall–Kier alpha value is -1.73. The van der Waals surface area contributed by atoms with E-state index in [-0.39, 0.29) is 30.8 Å². The van der Waals surface area contributed by atoms with E-state index in [9.17, 15) is 19.5 Å². The van der Waals surface area contributed by atoms with Crippen LogP contribution in [-0.2, 0) is 9.53 Å². The van der Waals surface area contributed by atoms with Gasteiger partial charge in [-0.2, -0.15) is 0 Å². The maximum atomic E-state index is 12.4. The number of hydrogen-bond acceptors (Lipinski definition) is 5. The molecule has 7 heteroatoms. The average Bonchev–Trinajstić information content (AvgIpc) is 3.04. The molecule has 1 aromatic rings. The lowest BCUT2D eigenvalue weighted by molar-refractivity contribution is -0.141. The molecule has 1 aliphatic heterocycles. The summed E-state index contributed by atoms with van der Waals surface area (Å²) in [5.41, 5.74) is 0.465. The first-order valence-electron chi connectivity index (χ1n) is 6.10. The quantitative estimate of drug-likeness (QED) is 0.846. The highest BCUT2D eigenvalue weighted by Crippen LogP contribution is 2.25. The van der Waals surface area contributed by atoms with Gasteiger partial charge in [0.1, 0.15) is 6.04 Å². The summed E-state index contributed by atoms with van der Waals surface area (Å²) < 4.78 is 5.14. The van der Waals surface area contributed by atoms with E-state index in [0.29, 0.717) is 10.4 Å². The number of Topliss-reactive ketones (excluding diaryl/α,β-unsaturated/α-hetero) is 1. The van der Waals surface area contributed by atoms with Crippen LogP contribution in [0.5, 0.6) is 0 Å². The highest BCUT2D eigenvalue weighted by atomic mass is 32.1. The maximum absolute atomic E-state index is 12.4. The first-order chi connectivity index (χ1) is 9.43. The van der Waals surface area contributed by atoms with Crippen molar-refractivity contribution in [3.63, 3.8) is 0 Å². The van der Waals surface area contributed by atoms with Crippen LogP contribution in [0.15, 0.2) is 11.4 Å². The van der Waals surface area contributed by atoms with Gasteiger partial charge in [-0.3, -0.25) is 9.59 Å². The number of hydrogen-bond donors (Lipinski definition) is 1. The summed E-state index contributed by atoms with van der Waals surface area (Å²) in [6, 6.07) is 0.629. The van der Waals surface area contributed by atoms with Crippen molar-refractivity contribution >= 4 is 29.0 Å². The number of aliphatic carboxylic acids is 1. The number of carbonyl (C=O) groups excluding carboxylic acids is 2. The van der Waals surface area contributed by atoms with Crippen LogP contribution >= 0.6 is 11.3 Å². The molecule has 0 aromatic carbocycles. The Morgan fingerprint density at radius 1 is 1.45 bits per heavy atom. The number of nitrogens with zero attached hydrogens (tertiary/aromatic N) is 1. The summed E-state index contributed by atoms with van der Waals surface area (Å²) in [6.45, 7) is 1.67. The Morgan fingerprint density at radius 3 is 2.65 bits per heavy atom. The van der Waals surface area contributed by atoms with Crippen molar-refractivity contribution < 1.29 is 24.2 Å². The summed E-state index contributed by atoms with van der Waals surface area (Å²) in [6.07, 6.45) is 0.00924. The monoisotopic (exact) mass is 297 g/mol. The number of carbonyl (C=O) groups is 3. The number of likely N-dealkylation sites (tertiary alicyclic amines) is 1. The first-order valence-corrected chi connectivity index (χ1v) is 6.98. The predicted molar refractivity (Wildman–Crippen MR) is 72.2 cm³/mol. The average molecular weight is 297 g/mol. The lowest BCUT2D eigenvalue weighted by Crippen LogP contribution is -2.40. The summed E-state index contributed by atoms with van der Waals surface area (Å²) in [5, 5.41) is 10.8. The Balaban J connectivity index is 2.21. The molecule has 108 valence electrons. The van der Waals surface area contributed by atoms with Gasteiger partial charge < -0.3 is 14.7 Å². The molecular weight excluding hydrogens is 282 g/mol. The molecular formula is C13H15NO5S. The number of amides is 1. The van der Waals surface area contributed by atoms with Gasteiger partial charge in [0.05, 0.1) is 11.0 Å². The van der Waals surface area contributed by atoms with Crippen molar-refractivity contribution in [2.24, 2.45) is 0 Å². The molecule has 2 rings (SSSR count). The van der Waals surface area contributed by atoms with Crippen LogP contribution in [-0.4, -0.2) is 53.5 Å². The van der Waals surface area contributed by atoms with Crippen molar-refractivity contribution in [3.8, 4) is 0 Å². The zero-order chi connectivity index (χ0) is 14.9. The highest BCUT2D eigenvalue weighted by Gasteiger charge is 2.40. The number of carboxylic acids is 1. The van der Waals surface area contributed by atoms with Crippen LogP contribution in [0.4, 0.5) is 0 Å². The molecule has 2 atom stereocenters. The summed E-state index contributed by atoms with van der Waals surface area (Å²) in [5.74, 6) is -1.53. The number of ketones is 1. The topological polar surface area (TPSA) is 83.9 Å². The van der Waals surface area contributed by atoms with Gasteiger partial charge in [0.15, 0.2) is 5.78 Å². The van der Waals surface area contributed by atoms with Crippen molar-refractivity contribution in [1.82, 2.24) is 4.90 Å². The molecule has 0 radical (unpaired) electrons. The number of ether oxygens (including phenoxy) is 1. The van der Waals surface area contributed by atoms with E-state index in [1.807, 2.05) is 0 Å². The Kier molecular flexibility index (Phi) is 4.20. The van der Waals surface area contributed by atoms with Gasteiger partial charge in [-0.05, 0) is 13.0 Å². The van der Waals surface area contributed by atoms with Gasteiger partial charge in [-0.25, -0.2) is 4.79 Å². The molecule has 0 saturated carbocycles. The number of thiophene rings is 1. The molecule has 1 fully saturated rings. The number of methoxy groups -OCH3 is 1. The van der Waals surface area contributed by atoms with E-state index in [0.717, 1.165) is 11.3 Å². The third kappa shape index (κ3) is 2.73. The van der Waals surface area contributed by atoms with Crippen molar-refractivity contribution in [1.29, 1.82) is 0 Å². The van der Waals surface area contributed by atoms with Crippen molar-refractivity contribution in [2.75, 3.05) is 13.7 Å². The molecule has 1 aromatic heterocycles. The Morgan fingerprint density at radius 2 is 2.15 bits per heavy atom. The lowest BCUT2D eigenvalue weighted by Gasteiger charge is -2.20. The third-order valence-electron chi connectivity index (χ3n) is 3.36. The van der Waals surface area contributed by atoms with Crippen LogP contribution in [0, 0.1) is 0 Å². The molecule has 20 heavy (non-hydrogen) atoms. The molecule has 6 nitrogen and oxygen atoms in total. The molecule has 1 N–H and O–H groups in total. The van der Waals surface area contributed by atoms with Crippen molar-refractivity contribution in [3.05, 3.63) is 21.9 Å². The lowest BCUT2D eigenvalue weighted by atomic mass is 10.2. The summed E-state index contributed by atoms with van der Waals surface area (Å²) >= 11 is 1.15. The highest BCUT2D eigenvalue weighted by molar-refractivity contribution is 7.12. The van der Waals surface area contributed by atoms with Gasteiger partial charge in [0, 0.05) is 31.0 Å². The number of carboxylic acid groups (broad SMARTS) is 1. The van der Waals surface area contributed by atoms with Gasteiger partial charge >= 0.3 is 5.97 Å². The van der Waals surface area contributed by atoms with Gasteiger partial charge in [0.25, 0.3) is 5.91 Å². The maximum Gasteiger partial charge on any atom is 0.326 e. The number of rotatable bonds is 4. The van der Waals surface area contributed by atoms with Gasteiger partial charge in [-0.1, -0.05) is 0 Å².